The summed E-state index contributed by atoms with van der Waals surface area (Å²) in [5.41, 5.74) is 3.22. The van der Waals surface area contributed by atoms with E-state index < -0.39 is 0 Å². The first-order valence-electron chi connectivity index (χ1n) is 7.11. The largest absolute Gasteiger partial charge is 0.326 e. The number of nitrogens with one attached hydrogen (secondary N) is 1. The molecule has 2 aromatic carbocycles. The van der Waals surface area contributed by atoms with Crippen LogP contribution in [0.4, 0.5) is 10.1 Å². The van der Waals surface area contributed by atoms with Gasteiger partial charge < -0.3 is 5.32 Å². The average molecular weight is 299 g/mol. The van der Waals surface area contributed by atoms with Gasteiger partial charge in [-0.15, -0.1) is 0 Å². The molecule has 1 amide bonds. The zero-order valence-electron chi connectivity index (χ0n) is 12.7. The third-order valence-electron chi connectivity index (χ3n) is 3.41. The summed E-state index contributed by atoms with van der Waals surface area (Å²) in [7, 11) is 0. The molecule has 0 bridgehead atoms. The molecule has 1 N–H and O–H groups in total. The molecule has 0 atom stereocenters. The highest BCUT2D eigenvalue weighted by molar-refractivity contribution is 6.00. The molecule has 0 spiro atoms. The highest BCUT2D eigenvalue weighted by Crippen LogP contribution is 2.17. The lowest BCUT2D eigenvalue weighted by molar-refractivity contribution is -0.116. The van der Waals surface area contributed by atoms with Crippen LogP contribution < -0.4 is 5.32 Å². The van der Waals surface area contributed by atoms with Gasteiger partial charge in [0.25, 0.3) is 0 Å². The number of Topliss-reactive ketones (excluding diaryl/α,β-unsaturated/α-hetero) is 1. The van der Waals surface area contributed by atoms with Gasteiger partial charge in [-0.1, -0.05) is 12.1 Å². The molecule has 2 aromatic rings. The summed E-state index contributed by atoms with van der Waals surface area (Å²) in [6, 6.07) is 11.2. The molecule has 0 aliphatic carbocycles. The predicted molar refractivity (Wildman–Crippen MR) is 84.5 cm³/mol. The van der Waals surface area contributed by atoms with E-state index in [1.165, 1.54) is 24.3 Å². The van der Waals surface area contributed by atoms with Crippen molar-refractivity contribution in [3.8, 4) is 0 Å². The van der Waals surface area contributed by atoms with E-state index in [4.69, 9.17) is 0 Å². The molecule has 0 unspecified atom stereocenters. The van der Waals surface area contributed by atoms with Crippen LogP contribution in [0, 0.1) is 19.7 Å². The first-order chi connectivity index (χ1) is 10.5. The Hall–Kier alpha value is -2.49. The second-order valence-electron chi connectivity index (χ2n) is 5.30. The molecule has 0 aliphatic rings. The Bertz CT molecular complexity index is 693. The van der Waals surface area contributed by atoms with Crippen molar-refractivity contribution >= 4 is 17.4 Å². The SMILES string of the molecule is Cc1ccc(C)c(NC(=O)CCC(=O)c2ccc(F)cc2)c1. The highest BCUT2D eigenvalue weighted by Gasteiger charge is 2.10. The number of hydrogen-bond donors (Lipinski definition) is 1. The lowest BCUT2D eigenvalue weighted by Crippen LogP contribution is -2.14. The fourth-order valence-electron chi connectivity index (χ4n) is 2.09. The zero-order valence-corrected chi connectivity index (χ0v) is 12.7. The third kappa shape index (κ3) is 4.25. The molecule has 114 valence electrons. The van der Waals surface area contributed by atoms with Crippen molar-refractivity contribution in [1.82, 2.24) is 0 Å². The number of aryl methyl sites for hydroxylation is 2. The van der Waals surface area contributed by atoms with Gasteiger partial charge in [0.1, 0.15) is 5.82 Å². The Morgan fingerprint density at radius 3 is 2.36 bits per heavy atom. The molecule has 0 fully saturated rings. The van der Waals surface area contributed by atoms with E-state index in [0.717, 1.165) is 16.8 Å². The van der Waals surface area contributed by atoms with E-state index in [1.54, 1.807) is 0 Å². The molecule has 0 radical (unpaired) electrons. The van der Waals surface area contributed by atoms with Crippen molar-refractivity contribution in [1.29, 1.82) is 0 Å². The topological polar surface area (TPSA) is 46.2 Å². The van der Waals surface area contributed by atoms with Crippen LogP contribution in [0.3, 0.4) is 0 Å². The average Bonchev–Trinajstić information content (AvgIpc) is 2.49. The Labute approximate surface area is 129 Å². The lowest BCUT2D eigenvalue weighted by atomic mass is 10.1. The van der Waals surface area contributed by atoms with E-state index in [0.29, 0.717) is 5.56 Å². The summed E-state index contributed by atoms with van der Waals surface area (Å²) in [4.78, 5) is 23.9. The number of amides is 1. The van der Waals surface area contributed by atoms with Crippen LogP contribution in [-0.4, -0.2) is 11.7 Å². The second-order valence-corrected chi connectivity index (χ2v) is 5.30. The van der Waals surface area contributed by atoms with E-state index in [1.807, 2.05) is 32.0 Å². The molecule has 4 heteroatoms. The van der Waals surface area contributed by atoms with E-state index in [9.17, 15) is 14.0 Å². The minimum Gasteiger partial charge on any atom is -0.326 e. The molecule has 2 rings (SSSR count). The van der Waals surface area contributed by atoms with Crippen LogP contribution >= 0.6 is 0 Å². The summed E-state index contributed by atoms with van der Waals surface area (Å²) in [5.74, 6) is -0.760. The monoisotopic (exact) mass is 299 g/mol. The smallest absolute Gasteiger partial charge is 0.224 e. The van der Waals surface area contributed by atoms with E-state index in [-0.39, 0.29) is 30.3 Å². The minimum atomic E-state index is -0.385. The van der Waals surface area contributed by atoms with Crippen LogP contribution in [0.5, 0.6) is 0 Å². The quantitative estimate of drug-likeness (QED) is 0.847. The van der Waals surface area contributed by atoms with Gasteiger partial charge >= 0.3 is 0 Å². The molecule has 0 saturated carbocycles. The van der Waals surface area contributed by atoms with Gasteiger partial charge in [0.15, 0.2) is 5.78 Å². The summed E-state index contributed by atoms with van der Waals surface area (Å²) in [6.45, 7) is 3.87. The Morgan fingerprint density at radius 2 is 1.68 bits per heavy atom. The van der Waals surface area contributed by atoms with E-state index >= 15 is 0 Å². The van der Waals surface area contributed by atoms with Crippen LogP contribution in [0.1, 0.15) is 34.3 Å². The molecule has 0 aliphatic heterocycles. The molecular formula is C18H18FNO2. The van der Waals surface area contributed by atoms with Gasteiger partial charge in [-0.25, -0.2) is 4.39 Å². The third-order valence-corrected chi connectivity index (χ3v) is 3.41. The summed E-state index contributed by atoms with van der Waals surface area (Å²) < 4.78 is 12.8. The second kappa shape index (κ2) is 6.98. The van der Waals surface area contributed by atoms with Crippen molar-refractivity contribution in [3.63, 3.8) is 0 Å². The first kappa shape index (κ1) is 15.9. The fourth-order valence-corrected chi connectivity index (χ4v) is 2.09. The first-order valence-corrected chi connectivity index (χ1v) is 7.11. The Kier molecular flexibility index (Phi) is 5.04. The number of ketones is 1. The van der Waals surface area contributed by atoms with Gasteiger partial charge in [-0.05, 0) is 55.3 Å². The molecule has 22 heavy (non-hydrogen) atoms. The number of carbonyl (C=O) groups is 2. The fraction of sp³-hybridized carbons (Fsp3) is 0.222. The molecule has 0 aromatic heterocycles. The van der Waals surface area contributed by atoms with Gasteiger partial charge in [-0.2, -0.15) is 0 Å². The number of carbonyl (C=O) groups excluding carboxylic acids is 2. The van der Waals surface area contributed by atoms with Crippen LogP contribution in [0.25, 0.3) is 0 Å². The van der Waals surface area contributed by atoms with Gasteiger partial charge in [-0.3, -0.25) is 9.59 Å². The van der Waals surface area contributed by atoms with Gasteiger partial charge in [0.05, 0.1) is 0 Å². The van der Waals surface area contributed by atoms with E-state index in [2.05, 4.69) is 5.32 Å². The molecule has 3 nitrogen and oxygen atoms in total. The lowest BCUT2D eigenvalue weighted by Gasteiger charge is -2.09. The summed E-state index contributed by atoms with van der Waals surface area (Å²) >= 11 is 0. The predicted octanol–water partition coefficient (Wildman–Crippen LogP) is 4.04. The van der Waals surface area contributed by atoms with Crippen molar-refractivity contribution in [2.75, 3.05) is 5.32 Å². The summed E-state index contributed by atoms with van der Waals surface area (Å²) in [5, 5.41) is 2.82. The number of benzene rings is 2. The van der Waals surface area contributed by atoms with Crippen molar-refractivity contribution in [2.45, 2.75) is 26.7 Å². The maximum absolute atomic E-state index is 12.8. The maximum Gasteiger partial charge on any atom is 0.224 e. The van der Waals surface area contributed by atoms with Crippen molar-refractivity contribution in [2.24, 2.45) is 0 Å². The maximum atomic E-state index is 12.8. The van der Waals surface area contributed by atoms with Crippen molar-refractivity contribution < 1.29 is 14.0 Å². The Balaban J connectivity index is 1.91. The van der Waals surface area contributed by atoms with Crippen LogP contribution in [0.15, 0.2) is 42.5 Å². The molecule has 0 saturated heterocycles. The van der Waals surface area contributed by atoms with Crippen molar-refractivity contribution in [3.05, 3.63) is 65.0 Å². The summed E-state index contributed by atoms with van der Waals surface area (Å²) in [6.07, 6.45) is 0.200. The number of anilines is 1. The standard InChI is InChI=1S/C18H18FNO2/c1-12-3-4-13(2)16(11-12)20-18(22)10-9-17(21)14-5-7-15(19)8-6-14/h3-8,11H,9-10H2,1-2H3,(H,20,22). The number of halogens is 1. The Morgan fingerprint density at radius 1 is 1.00 bits per heavy atom. The zero-order chi connectivity index (χ0) is 16.1. The highest BCUT2D eigenvalue weighted by atomic mass is 19.1. The number of hydrogen-bond acceptors (Lipinski definition) is 2. The van der Waals surface area contributed by atoms with Gasteiger partial charge in [0, 0.05) is 24.1 Å². The van der Waals surface area contributed by atoms with Gasteiger partial charge in [0.2, 0.25) is 5.91 Å². The van der Waals surface area contributed by atoms with Crippen LogP contribution in [0.2, 0.25) is 0 Å². The molecule has 0 heterocycles. The molecular weight excluding hydrogens is 281 g/mol. The normalized spacial score (nSPS) is 10.3. The number of rotatable bonds is 5. The van der Waals surface area contributed by atoms with Crippen LogP contribution in [-0.2, 0) is 4.79 Å². The minimum absolute atomic E-state index is 0.0995.